The zero-order chi connectivity index (χ0) is 21.5. The van der Waals surface area contributed by atoms with E-state index in [1.807, 2.05) is 6.07 Å². The van der Waals surface area contributed by atoms with Gasteiger partial charge in [0.1, 0.15) is 0 Å². The van der Waals surface area contributed by atoms with Crippen LogP contribution < -0.4 is 5.32 Å². The first kappa shape index (κ1) is 21.7. The number of piperazine rings is 1. The number of hydrogen-bond acceptors (Lipinski definition) is 5. The summed E-state index contributed by atoms with van der Waals surface area (Å²) in [4.78, 5) is 38.9. The molecule has 158 valence electrons. The summed E-state index contributed by atoms with van der Waals surface area (Å²) < 4.78 is 0. The third kappa shape index (κ3) is 6.01. The smallest absolute Gasteiger partial charge is 0.269 e. The molecule has 1 aliphatic heterocycles. The number of nitro benzene ring substituents is 1. The van der Waals surface area contributed by atoms with Gasteiger partial charge >= 0.3 is 0 Å². The van der Waals surface area contributed by atoms with Crippen LogP contribution in [0, 0.1) is 10.1 Å². The van der Waals surface area contributed by atoms with Crippen molar-refractivity contribution >= 4 is 29.1 Å². The molecule has 1 aliphatic rings. The van der Waals surface area contributed by atoms with Gasteiger partial charge in [-0.05, 0) is 29.8 Å². The predicted octanol–water partition coefficient (Wildman–Crippen LogP) is 2.71. The Hall–Kier alpha value is -2.97. The van der Waals surface area contributed by atoms with Crippen LogP contribution >= 0.6 is 11.6 Å². The first-order valence-corrected chi connectivity index (χ1v) is 10.1. The summed E-state index contributed by atoms with van der Waals surface area (Å²) >= 11 is 5.81. The number of rotatable bonds is 7. The fraction of sp³-hybridized carbons (Fsp3) is 0.333. The van der Waals surface area contributed by atoms with Gasteiger partial charge in [-0.1, -0.05) is 23.7 Å². The van der Waals surface area contributed by atoms with Crippen molar-refractivity contribution in [1.82, 2.24) is 15.1 Å². The molecule has 1 N–H and O–H groups in total. The van der Waals surface area contributed by atoms with Crippen molar-refractivity contribution in [3.8, 4) is 0 Å². The van der Waals surface area contributed by atoms with E-state index in [9.17, 15) is 19.7 Å². The number of benzene rings is 2. The lowest BCUT2D eigenvalue weighted by molar-refractivity contribution is -0.384. The standard InChI is InChI=1S/C21H23ClN4O4/c22-18-6-4-17(5-7-18)21(28)23-9-8-20(27)25-12-10-24(11-13-25)15-16-2-1-3-19(14-16)26(29)30/h1-7,14H,8-13,15H2,(H,23,28). The largest absolute Gasteiger partial charge is 0.352 e. The van der Waals surface area contributed by atoms with Crippen LogP contribution in [0.4, 0.5) is 5.69 Å². The Morgan fingerprint density at radius 3 is 2.43 bits per heavy atom. The molecule has 8 nitrogen and oxygen atoms in total. The van der Waals surface area contributed by atoms with E-state index in [1.54, 1.807) is 41.3 Å². The summed E-state index contributed by atoms with van der Waals surface area (Å²) in [5.74, 6) is -0.234. The Morgan fingerprint density at radius 2 is 1.77 bits per heavy atom. The molecule has 0 unspecified atom stereocenters. The molecule has 0 spiro atoms. The van der Waals surface area contributed by atoms with Crippen molar-refractivity contribution in [2.75, 3.05) is 32.7 Å². The van der Waals surface area contributed by atoms with E-state index in [4.69, 9.17) is 11.6 Å². The zero-order valence-electron chi connectivity index (χ0n) is 16.4. The molecule has 0 saturated carbocycles. The van der Waals surface area contributed by atoms with Crippen LogP contribution in [0.3, 0.4) is 0 Å². The van der Waals surface area contributed by atoms with Crippen LogP contribution in [0.1, 0.15) is 22.3 Å². The lowest BCUT2D eigenvalue weighted by Crippen LogP contribution is -2.48. The van der Waals surface area contributed by atoms with Gasteiger partial charge in [0.2, 0.25) is 5.91 Å². The Bertz CT molecular complexity index is 911. The second kappa shape index (κ2) is 10.2. The van der Waals surface area contributed by atoms with Crippen molar-refractivity contribution in [2.24, 2.45) is 0 Å². The minimum absolute atomic E-state index is 0.00130. The molecule has 2 aromatic rings. The normalized spacial score (nSPS) is 14.4. The van der Waals surface area contributed by atoms with Gasteiger partial charge in [0.15, 0.2) is 0 Å². The highest BCUT2D eigenvalue weighted by molar-refractivity contribution is 6.30. The van der Waals surface area contributed by atoms with E-state index in [2.05, 4.69) is 10.2 Å². The van der Waals surface area contributed by atoms with E-state index in [-0.39, 0.29) is 30.5 Å². The monoisotopic (exact) mass is 430 g/mol. The van der Waals surface area contributed by atoms with Gasteiger partial charge in [-0.15, -0.1) is 0 Å². The van der Waals surface area contributed by atoms with Crippen molar-refractivity contribution in [3.05, 3.63) is 74.8 Å². The van der Waals surface area contributed by atoms with Crippen molar-refractivity contribution in [2.45, 2.75) is 13.0 Å². The molecule has 9 heteroatoms. The Morgan fingerprint density at radius 1 is 1.07 bits per heavy atom. The van der Waals surface area contributed by atoms with Gasteiger partial charge in [-0.2, -0.15) is 0 Å². The van der Waals surface area contributed by atoms with Crippen molar-refractivity contribution in [3.63, 3.8) is 0 Å². The molecule has 1 saturated heterocycles. The van der Waals surface area contributed by atoms with Crippen molar-refractivity contribution in [1.29, 1.82) is 0 Å². The highest BCUT2D eigenvalue weighted by atomic mass is 35.5. The lowest BCUT2D eigenvalue weighted by Gasteiger charge is -2.34. The van der Waals surface area contributed by atoms with E-state index in [0.717, 1.165) is 5.56 Å². The number of halogens is 1. The van der Waals surface area contributed by atoms with Gasteiger partial charge in [-0.3, -0.25) is 24.6 Å². The molecule has 2 amide bonds. The number of carbonyl (C=O) groups excluding carboxylic acids is 2. The summed E-state index contributed by atoms with van der Waals surface area (Å²) in [6.45, 7) is 3.48. The van der Waals surface area contributed by atoms with Gasteiger partial charge in [0.05, 0.1) is 4.92 Å². The molecule has 30 heavy (non-hydrogen) atoms. The molecule has 2 aromatic carbocycles. The van der Waals surface area contributed by atoms with E-state index < -0.39 is 4.92 Å². The molecule has 0 aliphatic carbocycles. The van der Waals surface area contributed by atoms with Crippen LogP contribution in [-0.4, -0.2) is 59.3 Å². The minimum Gasteiger partial charge on any atom is -0.352 e. The summed E-state index contributed by atoms with van der Waals surface area (Å²) in [5.41, 5.74) is 1.47. The number of hydrogen-bond donors (Lipinski definition) is 1. The predicted molar refractivity (Wildman–Crippen MR) is 113 cm³/mol. The molecule has 0 radical (unpaired) electrons. The van der Waals surface area contributed by atoms with Crippen LogP contribution in [0.5, 0.6) is 0 Å². The third-order valence-corrected chi connectivity index (χ3v) is 5.24. The van der Waals surface area contributed by atoms with Crippen LogP contribution in [0.15, 0.2) is 48.5 Å². The van der Waals surface area contributed by atoms with E-state index in [1.165, 1.54) is 6.07 Å². The minimum atomic E-state index is -0.397. The van der Waals surface area contributed by atoms with Gasteiger partial charge in [0.25, 0.3) is 11.6 Å². The molecular weight excluding hydrogens is 408 g/mol. The maximum atomic E-state index is 12.4. The van der Waals surface area contributed by atoms with E-state index >= 15 is 0 Å². The van der Waals surface area contributed by atoms with E-state index in [0.29, 0.717) is 43.3 Å². The van der Waals surface area contributed by atoms with Gasteiger partial charge in [-0.25, -0.2) is 0 Å². The number of amides is 2. The number of nitrogens with one attached hydrogen (secondary N) is 1. The topological polar surface area (TPSA) is 95.8 Å². The quantitative estimate of drug-likeness (QED) is 0.538. The average Bonchev–Trinajstić information content (AvgIpc) is 2.74. The molecule has 3 rings (SSSR count). The van der Waals surface area contributed by atoms with Crippen LogP contribution in [-0.2, 0) is 11.3 Å². The van der Waals surface area contributed by atoms with Crippen LogP contribution in [0.25, 0.3) is 0 Å². The highest BCUT2D eigenvalue weighted by Gasteiger charge is 2.21. The van der Waals surface area contributed by atoms with Crippen LogP contribution in [0.2, 0.25) is 5.02 Å². The fourth-order valence-corrected chi connectivity index (χ4v) is 3.45. The fourth-order valence-electron chi connectivity index (χ4n) is 3.33. The lowest BCUT2D eigenvalue weighted by atomic mass is 10.1. The average molecular weight is 431 g/mol. The number of nitrogens with zero attached hydrogens (tertiary/aromatic N) is 3. The molecule has 1 fully saturated rings. The molecule has 0 aromatic heterocycles. The molecule has 0 bridgehead atoms. The highest BCUT2D eigenvalue weighted by Crippen LogP contribution is 2.16. The Labute approximate surface area is 179 Å². The summed E-state index contributed by atoms with van der Waals surface area (Å²) in [7, 11) is 0. The first-order valence-electron chi connectivity index (χ1n) is 9.69. The Balaban J connectivity index is 1.39. The summed E-state index contributed by atoms with van der Waals surface area (Å²) in [6.07, 6.45) is 0.240. The number of non-ortho nitro benzene ring substituents is 1. The Kier molecular flexibility index (Phi) is 7.37. The molecular formula is C21H23ClN4O4. The maximum Gasteiger partial charge on any atom is 0.269 e. The first-order chi connectivity index (χ1) is 14.4. The SMILES string of the molecule is O=C(NCCC(=O)N1CCN(Cc2cccc([N+](=O)[O-])c2)CC1)c1ccc(Cl)cc1. The summed E-state index contributed by atoms with van der Waals surface area (Å²) in [6, 6.07) is 13.2. The molecule has 0 atom stereocenters. The second-order valence-electron chi connectivity index (χ2n) is 7.10. The van der Waals surface area contributed by atoms with Gasteiger partial charge < -0.3 is 10.2 Å². The summed E-state index contributed by atoms with van der Waals surface area (Å²) in [5, 5.41) is 14.2. The number of nitro groups is 1. The zero-order valence-corrected chi connectivity index (χ0v) is 17.2. The van der Waals surface area contributed by atoms with Crippen molar-refractivity contribution < 1.29 is 14.5 Å². The maximum absolute atomic E-state index is 12.4. The molecule has 1 heterocycles. The van der Waals surface area contributed by atoms with Gasteiger partial charge in [0, 0.05) is 68.4 Å². The third-order valence-electron chi connectivity index (χ3n) is 4.98. The number of carbonyl (C=O) groups is 2. The second-order valence-corrected chi connectivity index (χ2v) is 7.53.